The minimum atomic E-state index is -4.47. The predicted octanol–water partition coefficient (Wildman–Crippen LogP) is 3.40. The average Bonchev–Trinajstić information content (AvgIpc) is 3.43. The highest BCUT2D eigenvalue weighted by atomic mass is 19.4. The summed E-state index contributed by atoms with van der Waals surface area (Å²) in [5.41, 5.74) is 1.72. The van der Waals surface area contributed by atoms with Gasteiger partial charge >= 0.3 is 6.18 Å². The number of rotatable bonds is 5. The van der Waals surface area contributed by atoms with Crippen LogP contribution in [0.5, 0.6) is 0 Å². The van der Waals surface area contributed by atoms with Crippen molar-refractivity contribution in [3.8, 4) is 0 Å². The summed E-state index contributed by atoms with van der Waals surface area (Å²) >= 11 is 0. The van der Waals surface area contributed by atoms with E-state index < -0.39 is 17.2 Å². The third-order valence-electron chi connectivity index (χ3n) is 8.50. The van der Waals surface area contributed by atoms with Gasteiger partial charge in [0.05, 0.1) is 17.6 Å². The van der Waals surface area contributed by atoms with Gasteiger partial charge in [0, 0.05) is 76.2 Å². The number of alkyl halides is 3. The molecule has 37 heavy (non-hydrogen) atoms. The number of aromatic nitrogens is 1. The molecule has 10 heteroatoms. The molecule has 4 heterocycles. The summed E-state index contributed by atoms with van der Waals surface area (Å²) < 4.78 is 45.2. The number of nitrogens with zero attached hydrogens (tertiary/aromatic N) is 4. The number of amides is 2. The van der Waals surface area contributed by atoms with Crippen LogP contribution in [-0.2, 0) is 33.5 Å². The number of likely N-dealkylation sites (tertiary alicyclic amines) is 2. The van der Waals surface area contributed by atoms with E-state index in [4.69, 9.17) is 4.74 Å². The summed E-state index contributed by atoms with van der Waals surface area (Å²) in [5, 5.41) is 0. The lowest BCUT2D eigenvalue weighted by Crippen LogP contribution is -2.50. The molecule has 1 aromatic heterocycles. The molecular weight excluding hydrogens is 485 g/mol. The quantitative estimate of drug-likeness (QED) is 0.598. The minimum absolute atomic E-state index is 0.0599. The number of ether oxygens (including phenoxy) is 1. The van der Waals surface area contributed by atoms with Crippen LogP contribution >= 0.6 is 0 Å². The number of carbonyl (C=O) groups excluding carboxylic acids is 2. The van der Waals surface area contributed by atoms with Crippen LogP contribution in [0.25, 0.3) is 0 Å². The van der Waals surface area contributed by atoms with Crippen LogP contribution in [0.15, 0.2) is 35.7 Å². The summed E-state index contributed by atoms with van der Waals surface area (Å²) in [5.74, 6) is 0.310. The van der Waals surface area contributed by atoms with E-state index in [0.29, 0.717) is 50.2 Å². The number of pyridine rings is 1. The van der Waals surface area contributed by atoms with Crippen molar-refractivity contribution < 1.29 is 27.5 Å². The molecule has 4 aliphatic rings. The first-order chi connectivity index (χ1) is 17.5. The lowest BCUT2D eigenvalue weighted by atomic mass is 9.85. The zero-order chi connectivity index (χ0) is 26.5. The molecule has 1 aromatic rings. The first-order valence-electron chi connectivity index (χ1n) is 12.8. The third kappa shape index (κ3) is 4.69. The molecule has 1 aliphatic carbocycles. The maximum Gasteiger partial charge on any atom is 0.417 e. The van der Waals surface area contributed by atoms with E-state index in [1.807, 2.05) is 7.05 Å². The predicted molar refractivity (Wildman–Crippen MR) is 130 cm³/mol. The maximum atomic E-state index is 13.9. The van der Waals surface area contributed by atoms with E-state index in [1.165, 1.54) is 0 Å². The second-order valence-corrected chi connectivity index (χ2v) is 10.8. The van der Waals surface area contributed by atoms with Crippen molar-refractivity contribution in [1.82, 2.24) is 19.7 Å². The van der Waals surface area contributed by atoms with E-state index in [0.717, 1.165) is 30.0 Å². The molecule has 3 aliphatic heterocycles. The highest BCUT2D eigenvalue weighted by Crippen LogP contribution is 2.40. The molecule has 2 amide bonds. The van der Waals surface area contributed by atoms with Crippen molar-refractivity contribution in [2.75, 3.05) is 40.4 Å². The minimum Gasteiger partial charge on any atom is -0.384 e. The number of halogens is 3. The zero-order valence-electron chi connectivity index (χ0n) is 21.5. The Balaban J connectivity index is 1.32. The SMILES string of the molecule is COCC1(C(=O)N2CCc3ncc(C(F)(F)F)cc3C2)CCN(C(C)C2=CCC3CC(=O)N(C)C3=C2)C1. The van der Waals surface area contributed by atoms with E-state index in [-0.39, 0.29) is 36.9 Å². The number of hydrogen-bond donors (Lipinski definition) is 0. The summed E-state index contributed by atoms with van der Waals surface area (Å²) in [6.07, 6.45) is 3.14. The Hall–Kier alpha value is -2.72. The van der Waals surface area contributed by atoms with Crippen molar-refractivity contribution in [2.45, 2.75) is 51.4 Å². The molecule has 7 nitrogen and oxygen atoms in total. The molecule has 200 valence electrons. The highest BCUT2D eigenvalue weighted by Gasteiger charge is 2.48. The maximum absolute atomic E-state index is 13.9. The van der Waals surface area contributed by atoms with Gasteiger partial charge in [0.2, 0.25) is 11.8 Å². The smallest absolute Gasteiger partial charge is 0.384 e. The molecule has 0 N–H and O–H groups in total. The van der Waals surface area contributed by atoms with Gasteiger partial charge in [-0.2, -0.15) is 13.2 Å². The molecule has 3 atom stereocenters. The van der Waals surface area contributed by atoms with Gasteiger partial charge in [-0.3, -0.25) is 19.5 Å². The van der Waals surface area contributed by atoms with Crippen LogP contribution in [-0.4, -0.2) is 77.9 Å². The molecule has 2 saturated heterocycles. The molecular formula is C27H33F3N4O3. The Morgan fingerprint density at radius 2 is 2.11 bits per heavy atom. The molecule has 5 rings (SSSR count). The normalized spacial score (nSPS) is 27.1. The average molecular weight is 519 g/mol. The van der Waals surface area contributed by atoms with Gasteiger partial charge in [0.1, 0.15) is 0 Å². The Labute approximate surface area is 214 Å². The fraction of sp³-hybridized carbons (Fsp3) is 0.593. The molecule has 0 spiro atoms. The van der Waals surface area contributed by atoms with Crippen molar-refractivity contribution in [3.05, 3.63) is 52.5 Å². The summed E-state index contributed by atoms with van der Waals surface area (Å²) in [6.45, 7) is 4.12. The van der Waals surface area contributed by atoms with Gasteiger partial charge in [-0.05, 0) is 49.6 Å². The number of methoxy groups -OCH3 is 1. The molecule has 0 saturated carbocycles. The highest BCUT2D eigenvalue weighted by molar-refractivity contribution is 5.84. The fourth-order valence-corrected chi connectivity index (χ4v) is 6.25. The number of hydrogen-bond acceptors (Lipinski definition) is 5. The first-order valence-corrected chi connectivity index (χ1v) is 12.8. The Bertz CT molecular complexity index is 1160. The van der Waals surface area contributed by atoms with Crippen molar-refractivity contribution >= 4 is 11.8 Å². The van der Waals surface area contributed by atoms with Gasteiger partial charge < -0.3 is 14.5 Å². The van der Waals surface area contributed by atoms with Crippen molar-refractivity contribution in [3.63, 3.8) is 0 Å². The van der Waals surface area contributed by atoms with Gasteiger partial charge in [0.15, 0.2) is 0 Å². The van der Waals surface area contributed by atoms with Crippen LogP contribution < -0.4 is 0 Å². The number of carbonyl (C=O) groups is 2. The van der Waals surface area contributed by atoms with Crippen LogP contribution in [0.1, 0.15) is 43.0 Å². The van der Waals surface area contributed by atoms with Gasteiger partial charge in [-0.15, -0.1) is 0 Å². The van der Waals surface area contributed by atoms with Crippen LogP contribution in [0.3, 0.4) is 0 Å². The van der Waals surface area contributed by atoms with Crippen LogP contribution in [0.2, 0.25) is 0 Å². The van der Waals surface area contributed by atoms with Gasteiger partial charge in [-0.1, -0.05) is 6.08 Å². The summed E-state index contributed by atoms with van der Waals surface area (Å²) in [7, 11) is 3.40. The molecule has 0 aromatic carbocycles. The van der Waals surface area contributed by atoms with E-state index in [2.05, 4.69) is 29.0 Å². The van der Waals surface area contributed by atoms with Crippen molar-refractivity contribution in [1.29, 1.82) is 0 Å². The second-order valence-electron chi connectivity index (χ2n) is 10.8. The van der Waals surface area contributed by atoms with Gasteiger partial charge in [0.25, 0.3) is 0 Å². The van der Waals surface area contributed by atoms with Crippen LogP contribution in [0, 0.1) is 11.3 Å². The first kappa shape index (κ1) is 25.9. The number of fused-ring (bicyclic) bond motifs is 2. The Morgan fingerprint density at radius 3 is 2.84 bits per heavy atom. The molecule has 0 bridgehead atoms. The topological polar surface area (TPSA) is 66.0 Å². The largest absolute Gasteiger partial charge is 0.417 e. The number of allylic oxidation sites excluding steroid dienone is 2. The van der Waals surface area contributed by atoms with Crippen LogP contribution in [0.4, 0.5) is 13.2 Å². The lowest BCUT2D eigenvalue weighted by Gasteiger charge is -2.37. The Kier molecular flexibility index (Phi) is 6.68. The monoisotopic (exact) mass is 518 g/mol. The second kappa shape index (κ2) is 9.54. The third-order valence-corrected chi connectivity index (χ3v) is 8.50. The molecule has 3 unspecified atom stereocenters. The summed E-state index contributed by atoms with van der Waals surface area (Å²) in [4.78, 5) is 35.7. The summed E-state index contributed by atoms with van der Waals surface area (Å²) in [6, 6.07) is 1.18. The van der Waals surface area contributed by atoms with Crippen molar-refractivity contribution in [2.24, 2.45) is 11.3 Å². The standard InChI is InChI=1S/C27H33F3N4O3/c1-17(18-4-5-19-12-24(35)32(2)23(19)11-18)34-9-7-26(15-34,16-37-3)25(36)33-8-6-22-20(14-33)10-21(13-31-22)27(28,29)30/h4,10-11,13,17,19H,5-9,12,14-16H2,1-3H3. The zero-order valence-corrected chi connectivity index (χ0v) is 21.5. The fourth-order valence-electron chi connectivity index (χ4n) is 6.25. The van der Waals surface area contributed by atoms with E-state index >= 15 is 0 Å². The van der Waals surface area contributed by atoms with E-state index in [9.17, 15) is 22.8 Å². The Morgan fingerprint density at radius 1 is 1.32 bits per heavy atom. The van der Waals surface area contributed by atoms with Gasteiger partial charge in [-0.25, -0.2) is 0 Å². The lowest BCUT2D eigenvalue weighted by molar-refractivity contribution is -0.145. The molecule has 0 radical (unpaired) electrons. The molecule has 2 fully saturated rings. The van der Waals surface area contributed by atoms with E-state index in [1.54, 1.807) is 16.9 Å².